The van der Waals surface area contributed by atoms with Crippen LogP contribution in [0.4, 0.5) is 0 Å². The summed E-state index contributed by atoms with van der Waals surface area (Å²) < 4.78 is 0. The first-order valence-electron chi connectivity index (χ1n) is 6.11. The zero-order valence-electron chi connectivity index (χ0n) is 10.4. The van der Waals surface area contributed by atoms with E-state index in [4.69, 9.17) is 0 Å². The largest absolute Gasteiger partial charge is 0.357 e. The minimum Gasteiger partial charge on any atom is -0.357 e. The van der Waals surface area contributed by atoms with Crippen LogP contribution in [-0.4, -0.2) is 73.7 Å². The van der Waals surface area contributed by atoms with Crippen molar-refractivity contribution in [2.75, 3.05) is 52.4 Å². The predicted octanol–water partition coefficient (Wildman–Crippen LogP) is -1.05. The molecule has 0 aromatic heterocycles. The van der Waals surface area contributed by atoms with Gasteiger partial charge in [0.2, 0.25) is 6.41 Å². The van der Waals surface area contributed by atoms with Crippen LogP contribution in [0.25, 0.3) is 0 Å². The third-order valence-corrected chi connectivity index (χ3v) is 2.94. The van der Waals surface area contributed by atoms with Gasteiger partial charge in [0.1, 0.15) is 0 Å². The molecular weight excluding hydrogens is 240 g/mol. The van der Waals surface area contributed by atoms with Gasteiger partial charge in [0.05, 0.1) is 6.61 Å². The number of hydrogen-bond acceptors (Lipinski definition) is 6. The van der Waals surface area contributed by atoms with Crippen molar-refractivity contribution in [2.45, 2.75) is 6.42 Å². The summed E-state index contributed by atoms with van der Waals surface area (Å²) in [4.78, 5) is 28.9. The van der Waals surface area contributed by atoms with Crippen LogP contribution < -0.4 is 5.32 Å². The third-order valence-electron chi connectivity index (χ3n) is 2.94. The van der Waals surface area contributed by atoms with Gasteiger partial charge in [-0.1, -0.05) is 0 Å². The number of amides is 1. The lowest BCUT2D eigenvalue weighted by Gasteiger charge is -2.34. The van der Waals surface area contributed by atoms with Gasteiger partial charge in [-0.25, -0.2) is 0 Å². The van der Waals surface area contributed by atoms with Crippen LogP contribution in [0.2, 0.25) is 0 Å². The van der Waals surface area contributed by atoms with E-state index in [9.17, 15) is 14.9 Å². The van der Waals surface area contributed by atoms with Crippen LogP contribution in [-0.2, 0) is 9.63 Å². The van der Waals surface area contributed by atoms with Crippen LogP contribution in [0.1, 0.15) is 6.42 Å². The summed E-state index contributed by atoms with van der Waals surface area (Å²) in [5.41, 5.74) is 0. The van der Waals surface area contributed by atoms with E-state index >= 15 is 0 Å². The first-order valence-corrected chi connectivity index (χ1v) is 6.11. The molecule has 0 spiro atoms. The Morgan fingerprint density at radius 1 is 1.22 bits per heavy atom. The molecule has 0 unspecified atom stereocenters. The third kappa shape index (κ3) is 6.36. The highest BCUT2D eigenvalue weighted by Gasteiger charge is 2.15. The molecule has 1 amide bonds. The highest BCUT2D eigenvalue weighted by Crippen LogP contribution is 2.01. The number of rotatable bonds is 9. The minimum atomic E-state index is -0.752. The number of piperazine rings is 1. The molecule has 1 saturated heterocycles. The van der Waals surface area contributed by atoms with Crippen molar-refractivity contribution in [3.05, 3.63) is 10.1 Å². The summed E-state index contributed by atoms with van der Waals surface area (Å²) >= 11 is 0. The highest BCUT2D eigenvalue weighted by atomic mass is 16.9. The number of nitrogens with zero attached hydrogens (tertiary/aromatic N) is 3. The van der Waals surface area contributed by atoms with Crippen molar-refractivity contribution in [1.29, 1.82) is 0 Å². The van der Waals surface area contributed by atoms with Crippen molar-refractivity contribution >= 4 is 6.41 Å². The predicted molar refractivity (Wildman–Crippen MR) is 64.5 cm³/mol. The fourth-order valence-corrected chi connectivity index (χ4v) is 1.95. The molecule has 18 heavy (non-hydrogen) atoms. The monoisotopic (exact) mass is 260 g/mol. The average Bonchev–Trinajstić information content (AvgIpc) is 2.36. The number of carbonyl (C=O) groups is 1. The summed E-state index contributed by atoms with van der Waals surface area (Å²) in [5.74, 6) is 0. The molecule has 0 aromatic carbocycles. The summed E-state index contributed by atoms with van der Waals surface area (Å²) in [6.45, 7) is 6.40. The van der Waals surface area contributed by atoms with Gasteiger partial charge in [-0.15, -0.1) is 10.1 Å². The minimum absolute atomic E-state index is 0.163. The smallest absolute Gasteiger partial charge is 0.294 e. The van der Waals surface area contributed by atoms with Gasteiger partial charge in [-0.3, -0.25) is 9.69 Å². The van der Waals surface area contributed by atoms with E-state index in [2.05, 4.69) is 20.0 Å². The maximum Gasteiger partial charge on any atom is 0.294 e. The zero-order chi connectivity index (χ0) is 13.2. The fourth-order valence-electron chi connectivity index (χ4n) is 1.95. The van der Waals surface area contributed by atoms with E-state index in [0.717, 1.165) is 39.3 Å². The van der Waals surface area contributed by atoms with Crippen LogP contribution >= 0.6 is 0 Å². The molecule has 1 aliphatic rings. The number of hydrogen-bond donors (Lipinski definition) is 1. The molecule has 8 heteroatoms. The molecule has 0 aromatic rings. The molecule has 1 fully saturated rings. The zero-order valence-corrected chi connectivity index (χ0v) is 10.4. The fraction of sp³-hybridized carbons (Fsp3) is 0.900. The SMILES string of the molecule is O=CNCCN1CCN(CCCO[N+](=O)[O-])CC1. The Hall–Kier alpha value is -1.41. The second kappa shape index (κ2) is 8.65. The molecule has 8 nitrogen and oxygen atoms in total. The van der Waals surface area contributed by atoms with Crippen LogP contribution in [0.3, 0.4) is 0 Å². The van der Waals surface area contributed by atoms with Crippen molar-refractivity contribution in [2.24, 2.45) is 0 Å². The maximum absolute atomic E-state index is 10.1. The lowest BCUT2D eigenvalue weighted by atomic mass is 10.3. The lowest BCUT2D eigenvalue weighted by Crippen LogP contribution is -2.48. The summed E-state index contributed by atoms with van der Waals surface area (Å²) in [5, 5.41) is 11.8. The lowest BCUT2D eigenvalue weighted by molar-refractivity contribution is -0.757. The average molecular weight is 260 g/mol. The number of carbonyl (C=O) groups excluding carboxylic acids is 1. The Balaban J connectivity index is 2.01. The second-order valence-electron chi connectivity index (χ2n) is 4.17. The molecule has 0 saturated carbocycles. The Morgan fingerprint density at radius 2 is 1.83 bits per heavy atom. The van der Waals surface area contributed by atoms with E-state index in [-0.39, 0.29) is 6.61 Å². The molecule has 0 bridgehead atoms. The van der Waals surface area contributed by atoms with E-state index < -0.39 is 5.09 Å². The van der Waals surface area contributed by atoms with Gasteiger partial charge >= 0.3 is 0 Å². The topological polar surface area (TPSA) is 88.0 Å². The van der Waals surface area contributed by atoms with Gasteiger partial charge in [-0.2, -0.15) is 0 Å². The van der Waals surface area contributed by atoms with Crippen LogP contribution in [0, 0.1) is 10.1 Å². The van der Waals surface area contributed by atoms with E-state index in [1.807, 2.05) is 0 Å². The second-order valence-corrected chi connectivity index (χ2v) is 4.17. The molecule has 104 valence electrons. The van der Waals surface area contributed by atoms with Gasteiger partial charge in [0.25, 0.3) is 5.09 Å². The Morgan fingerprint density at radius 3 is 2.39 bits per heavy atom. The normalized spacial score (nSPS) is 17.3. The van der Waals surface area contributed by atoms with Gasteiger partial charge < -0.3 is 15.1 Å². The first-order chi connectivity index (χ1) is 8.72. The van der Waals surface area contributed by atoms with Crippen molar-refractivity contribution < 1.29 is 14.7 Å². The molecule has 0 atom stereocenters. The summed E-state index contributed by atoms with van der Waals surface area (Å²) in [6, 6.07) is 0. The molecule has 1 rings (SSSR count). The first kappa shape index (κ1) is 14.7. The Labute approximate surface area is 106 Å². The molecule has 1 N–H and O–H groups in total. The van der Waals surface area contributed by atoms with Gasteiger partial charge in [-0.05, 0) is 6.42 Å². The molecule has 0 radical (unpaired) electrons. The van der Waals surface area contributed by atoms with Crippen LogP contribution in [0.5, 0.6) is 0 Å². The van der Waals surface area contributed by atoms with E-state index in [1.54, 1.807) is 0 Å². The summed E-state index contributed by atoms with van der Waals surface area (Å²) in [6.07, 6.45) is 1.39. The highest BCUT2D eigenvalue weighted by molar-refractivity contribution is 5.45. The standard InChI is InChI=1S/C10H20N4O4/c15-10-11-2-4-13-7-5-12(6-8-13)3-1-9-18-14(16)17/h10H,1-9H2,(H,11,15). The number of nitrogens with one attached hydrogen (secondary N) is 1. The molecule has 0 aliphatic carbocycles. The maximum atomic E-state index is 10.1. The van der Waals surface area contributed by atoms with E-state index in [0.29, 0.717) is 19.4 Å². The molecular formula is C10H20N4O4. The Kier molecular flexibility index (Phi) is 7.04. The molecule has 1 aliphatic heterocycles. The quantitative estimate of drug-likeness (QED) is 0.246. The van der Waals surface area contributed by atoms with E-state index in [1.165, 1.54) is 0 Å². The summed E-state index contributed by atoms with van der Waals surface area (Å²) in [7, 11) is 0. The van der Waals surface area contributed by atoms with Gasteiger partial charge in [0.15, 0.2) is 0 Å². The molecule has 1 heterocycles. The van der Waals surface area contributed by atoms with Crippen molar-refractivity contribution in [3.8, 4) is 0 Å². The van der Waals surface area contributed by atoms with Gasteiger partial charge in [0, 0.05) is 45.8 Å². The van der Waals surface area contributed by atoms with Crippen molar-refractivity contribution in [3.63, 3.8) is 0 Å². The van der Waals surface area contributed by atoms with Crippen molar-refractivity contribution in [1.82, 2.24) is 15.1 Å². The van der Waals surface area contributed by atoms with Crippen LogP contribution in [0.15, 0.2) is 0 Å². The Bertz CT molecular complexity index is 256.